The van der Waals surface area contributed by atoms with Crippen molar-refractivity contribution >= 4 is 32.6 Å². The third-order valence-electron chi connectivity index (χ3n) is 6.21. The van der Waals surface area contributed by atoms with E-state index in [0.717, 1.165) is 27.1 Å². The maximum absolute atomic E-state index is 13.5. The Morgan fingerprint density at radius 2 is 1.58 bits per heavy atom. The summed E-state index contributed by atoms with van der Waals surface area (Å²) in [6.45, 7) is 4.29. The van der Waals surface area contributed by atoms with Crippen molar-refractivity contribution in [2.75, 3.05) is 26.7 Å². The van der Waals surface area contributed by atoms with Crippen molar-refractivity contribution in [1.82, 2.24) is 14.5 Å². The molecule has 3 aromatic carbocycles. The highest BCUT2D eigenvalue weighted by Gasteiger charge is 2.31. The van der Waals surface area contributed by atoms with E-state index in [0.29, 0.717) is 25.9 Å². The van der Waals surface area contributed by atoms with Gasteiger partial charge in [-0.2, -0.15) is 4.31 Å². The molecular weight excluding hydrogens is 474 g/mol. The number of amides is 2. The van der Waals surface area contributed by atoms with Gasteiger partial charge in [-0.05, 0) is 47.7 Å². The molecule has 1 atom stereocenters. The van der Waals surface area contributed by atoms with Gasteiger partial charge in [-0.25, -0.2) is 8.42 Å². The van der Waals surface area contributed by atoms with Crippen LogP contribution in [-0.4, -0.2) is 62.2 Å². The Morgan fingerprint density at radius 1 is 0.917 bits per heavy atom. The molecule has 0 saturated heterocycles. The molecule has 192 valence electrons. The molecule has 0 heterocycles. The molecule has 8 heteroatoms. The number of rotatable bonds is 12. The van der Waals surface area contributed by atoms with Crippen molar-refractivity contribution in [1.29, 1.82) is 0 Å². The molecular formula is C28H35N3O4S. The van der Waals surface area contributed by atoms with Gasteiger partial charge < -0.3 is 10.2 Å². The summed E-state index contributed by atoms with van der Waals surface area (Å²) in [4.78, 5) is 28.0. The predicted octanol–water partition coefficient (Wildman–Crippen LogP) is 3.84. The lowest BCUT2D eigenvalue weighted by Gasteiger charge is -2.32. The molecule has 2 amide bonds. The second kappa shape index (κ2) is 12.6. The Hall–Kier alpha value is -3.23. The van der Waals surface area contributed by atoms with Gasteiger partial charge in [0.1, 0.15) is 6.04 Å². The van der Waals surface area contributed by atoms with Gasteiger partial charge in [0, 0.05) is 20.1 Å². The second-order valence-electron chi connectivity index (χ2n) is 8.81. The molecule has 3 rings (SSSR count). The fraction of sp³-hybridized carbons (Fsp3) is 0.357. The number of benzene rings is 3. The molecule has 0 spiro atoms. The van der Waals surface area contributed by atoms with Crippen LogP contribution in [0.2, 0.25) is 0 Å². The SMILES string of the molecule is CCCNC(=O)[C@@H](CC)N(CCc1ccccc1)C(=O)CN(C)S(=O)(=O)c1ccc2ccccc2c1. The number of hydrogen-bond acceptors (Lipinski definition) is 4. The Labute approximate surface area is 214 Å². The summed E-state index contributed by atoms with van der Waals surface area (Å²) >= 11 is 0. The van der Waals surface area contributed by atoms with Crippen molar-refractivity contribution in [2.24, 2.45) is 0 Å². The Morgan fingerprint density at radius 3 is 2.25 bits per heavy atom. The lowest BCUT2D eigenvalue weighted by atomic mass is 10.1. The van der Waals surface area contributed by atoms with Crippen LogP contribution in [0.5, 0.6) is 0 Å². The van der Waals surface area contributed by atoms with Crippen LogP contribution in [0, 0.1) is 0 Å². The van der Waals surface area contributed by atoms with Gasteiger partial charge in [-0.15, -0.1) is 0 Å². The quantitative estimate of drug-likeness (QED) is 0.402. The highest BCUT2D eigenvalue weighted by atomic mass is 32.2. The molecule has 7 nitrogen and oxygen atoms in total. The van der Waals surface area contributed by atoms with Crippen molar-refractivity contribution in [2.45, 2.75) is 44.0 Å². The molecule has 0 radical (unpaired) electrons. The number of nitrogens with one attached hydrogen (secondary N) is 1. The monoisotopic (exact) mass is 509 g/mol. The normalized spacial score (nSPS) is 12.4. The first-order valence-corrected chi connectivity index (χ1v) is 13.8. The van der Waals surface area contributed by atoms with Crippen molar-refractivity contribution in [3.05, 3.63) is 78.4 Å². The van der Waals surface area contributed by atoms with E-state index in [-0.39, 0.29) is 17.3 Å². The number of sulfonamides is 1. The van der Waals surface area contributed by atoms with Crippen LogP contribution in [0.4, 0.5) is 0 Å². The van der Waals surface area contributed by atoms with Crippen LogP contribution < -0.4 is 5.32 Å². The Balaban J connectivity index is 1.82. The largest absolute Gasteiger partial charge is 0.354 e. The minimum Gasteiger partial charge on any atom is -0.354 e. The molecule has 3 aromatic rings. The van der Waals surface area contributed by atoms with E-state index < -0.39 is 22.0 Å². The minimum atomic E-state index is -3.91. The zero-order valence-corrected chi connectivity index (χ0v) is 22.0. The van der Waals surface area contributed by atoms with Crippen LogP contribution in [0.1, 0.15) is 32.3 Å². The minimum absolute atomic E-state index is 0.125. The van der Waals surface area contributed by atoms with Crippen molar-refractivity contribution in [3.63, 3.8) is 0 Å². The van der Waals surface area contributed by atoms with E-state index in [1.165, 1.54) is 11.9 Å². The zero-order valence-electron chi connectivity index (χ0n) is 21.2. The number of nitrogens with zero attached hydrogens (tertiary/aromatic N) is 2. The first kappa shape index (κ1) is 27.4. The summed E-state index contributed by atoms with van der Waals surface area (Å²) in [6, 6.07) is 21.5. The van der Waals surface area contributed by atoms with Gasteiger partial charge >= 0.3 is 0 Å². The first-order chi connectivity index (χ1) is 17.3. The van der Waals surface area contributed by atoms with E-state index in [1.54, 1.807) is 18.2 Å². The molecule has 0 aliphatic carbocycles. The Bertz CT molecular complexity index is 1280. The summed E-state index contributed by atoms with van der Waals surface area (Å²) < 4.78 is 27.7. The van der Waals surface area contributed by atoms with Crippen LogP contribution >= 0.6 is 0 Å². The zero-order chi connectivity index (χ0) is 26.1. The molecule has 0 bridgehead atoms. The highest BCUT2D eigenvalue weighted by molar-refractivity contribution is 7.89. The van der Waals surface area contributed by atoms with Gasteiger partial charge in [-0.1, -0.05) is 74.5 Å². The van der Waals surface area contributed by atoms with E-state index in [4.69, 9.17) is 0 Å². The maximum Gasteiger partial charge on any atom is 0.243 e. The van der Waals surface area contributed by atoms with Crippen LogP contribution in [0.25, 0.3) is 10.8 Å². The molecule has 36 heavy (non-hydrogen) atoms. The standard InChI is InChI=1S/C28H35N3O4S/c1-4-18-29-28(33)26(5-2)31(19-17-22-11-7-6-8-12-22)27(32)21-30(3)36(34,35)25-16-15-23-13-9-10-14-24(23)20-25/h6-16,20,26H,4-5,17-19,21H2,1-3H3,(H,29,33)/t26-/m1/s1. The summed E-state index contributed by atoms with van der Waals surface area (Å²) in [5.41, 5.74) is 1.04. The lowest BCUT2D eigenvalue weighted by Crippen LogP contribution is -2.52. The van der Waals surface area contributed by atoms with Crippen molar-refractivity contribution in [3.8, 4) is 0 Å². The van der Waals surface area contributed by atoms with Crippen LogP contribution in [0.3, 0.4) is 0 Å². The summed E-state index contributed by atoms with van der Waals surface area (Å²) in [5.74, 6) is -0.628. The summed E-state index contributed by atoms with van der Waals surface area (Å²) in [6.07, 6.45) is 1.77. The van der Waals surface area contributed by atoms with Gasteiger partial charge in [-0.3, -0.25) is 9.59 Å². The number of likely N-dealkylation sites (N-methyl/N-ethyl adjacent to an activating group) is 1. The second-order valence-corrected chi connectivity index (χ2v) is 10.9. The lowest BCUT2D eigenvalue weighted by molar-refractivity contribution is -0.140. The van der Waals surface area contributed by atoms with Crippen molar-refractivity contribution < 1.29 is 18.0 Å². The van der Waals surface area contributed by atoms with Gasteiger partial charge in [0.25, 0.3) is 0 Å². The summed E-state index contributed by atoms with van der Waals surface area (Å²) in [5, 5.41) is 4.62. The third-order valence-corrected chi connectivity index (χ3v) is 8.01. The number of carbonyl (C=O) groups is 2. The number of fused-ring (bicyclic) bond motifs is 1. The molecule has 1 N–H and O–H groups in total. The van der Waals surface area contributed by atoms with E-state index in [9.17, 15) is 18.0 Å². The molecule has 0 aromatic heterocycles. The van der Waals surface area contributed by atoms with E-state index >= 15 is 0 Å². The first-order valence-electron chi connectivity index (χ1n) is 12.3. The molecule has 0 fully saturated rings. The average molecular weight is 510 g/mol. The smallest absolute Gasteiger partial charge is 0.243 e. The fourth-order valence-electron chi connectivity index (χ4n) is 4.14. The summed E-state index contributed by atoms with van der Waals surface area (Å²) in [7, 11) is -2.51. The molecule has 0 saturated carbocycles. The fourth-order valence-corrected chi connectivity index (χ4v) is 5.29. The topological polar surface area (TPSA) is 86.8 Å². The van der Waals surface area contributed by atoms with Gasteiger partial charge in [0.05, 0.1) is 11.4 Å². The number of hydrogen-bond donors (Lipinski definition) is 1. The third kappa shape index (κ3) is 6.71. The molecule has 0 aliphatic rings. The molecule has 0 aliphatic heterocycles. The van der Waals surface area contributed by atoms with Gasteiger partial charge in [0.15, 0.2) is 0 Å². The maximum atomic E-state index is 13.5. The van der Waals surface area contributed by atoms with Gasteiger partial charge in [0.2, 0.25) is 21.8 Å². The van der Waals surface area contributed by atoms with Crippen LogP contribution in [0.15, 0.2) is 77.7 Å². The van der Waals surface area contributed by atoms with E-state index in [1.807, 2.05) is 68.4 Å². The average Bonchev–Trinajstić information content (AvgIpc) is 2.89. The molecule has 0 unspecified atom stereocenters. The predicted molar refractivity (Wildman–Crippen MR) is 143 cm³/mol. The Kier molecular flexibility index (Phi) is 9.61. The van der Waals surface area contributed by atoms with E-state index in [2.05, 4.69) is 5.32 Å². The number of carbonyl (C=O) groups excluding carboxylic acids is 2. The highest BCUT2D eigenvalue weighted by Crippen LogP contribution is 2.21. The van der Waals surface area contributed by atoms with Crippen LogP contribution in [-0.2, 0) is 26.0 Å².